The van der Waals surface area contributed by atoms with Crippen molar-refractivity contribution in [3.63, 3.8) is 0 Å². The van der Waals surface area contributed by atoms with E-state index in [-0.39, 0.29) is 17.4 Å². The largest absolute Gasteiger partial charge is 0.337 e. The van der Waals surface area contributed by atoms with Crippen molar-refractivity contribution in [2.75, 3.05) is 11.3 Å². The van der Waals surface area contributed by atoms with Crippen molar-refractivity contribution in [2.45, 2.75) is 11.9 Å². The molecule has 2 aromatic heterocycles. The van der Waals surface area contributed by atoms with Crippen LogP contribution in [0.5, 0.6) is 0 Å². The molecule has 110 valence electrons. The predicted octanol–water partition coefficient (Wildman–Crippen LogP) is 0.235. The second kappa shape index (κ2) is 5.95. The molecule has 0 bridgehead atoms. The van der Waals surface area contributed by atoms with Crippen LogP contribution in [0.2, 0.25) is 0 Å². The molecule has 0 atom stereocenters. The maximum absolute atomic E-state index is 12.2. The van der Waals surface area contributed by atoms with Gasteiger partial charge in [-0.05, 0) is 25.0 Å². The van der Waals surface area contributed by atoms with E-state index in [0.717, 1.165) is 0 Å². The number of nitrogens with zero attached hydrogens (tertiary/aromatic N) is 3. The van der Waals surface area contributed by atoms with Crippen molar-refractivity contribution in [3.05, 3.63) is 35.9 Å². The number of sulfonamides is 1. The third-order valence-corrected chi connectivity index (χ3v) is 3.89. The van der Waals surface area contributed by atoms with Crippen LogP contribution in [0, 0.1) is 18.8 Å². The molecule has 0 aromatic carbocycles. The standard InChI is InChI=1S/C13H15N5O2S/c1-10-15-13(9-18(10)2)21(19,20)17-12-7-3-5-11(16-12)6-4-8-14/h3,5,7,9H,8,14H2,1-2H3,(H,16,17). The monoisotopic (exact) mass is 305 g/mol. The van der Waals surface area contributed by atoms with Crippen molar-refractivity contribution in [3.8, 4) is 11.8 Å². The zero-order valence-corrected chi connectivity index (χ0v) is 12.5. The van der Waals surface area contributed by atoms with Gasteiger partial charge in [0, 0.05) is 13.2 Å². The van der Waals surface area contributed by atoms with E-state index in [4.69, 9.17) is 5.73 Å². The number of aryl methyl sites for hydroxylation is 2. The minimum absolute atomic E-state index is 0.0530. The quantitative estimate of drug-likeness (QED) is 0.790. The number of rotatable bonds is 3. The Morgan fingerprint density at radius 1 is 1.38 bits per heavy atom. The highest BCUT2D eigenvalue weighted by Crippen LogP contribution is 2.13. The van der Waals surface area contributed by atoms with Gasteiger partial charge in [-0.1, -0.05) is 12.0 Å². The molecule has 0 spiro atoms. The summed E-state index contributed by atoms with van der Waals surface area (Å²) in [6.45, 7) is 1.94. The number of aromatic nitrogens is 3. The summed E-state index contributed by atoms with van der Waals surface area (Å²) in [6, 6.07) is 4.88. The summed E-state index contributed by atoms with van der Waals surface area (Å²) in [5, 5.41) is -0.0530. The van der Waals surface area contributed by atoms with E-state index in [1.54, 1.807) is 36.7 Å². The van der Waals surface area contributed by atoms with Crippen molar-refractivity contribution >= 4 is 15.8 Å². The van der Waals surface area contributed by atoms with Crippen LogP contribution >= 0.6 is 0 Å². The van der Waals surface area contributed by atoms with Gasteiger partial charge in [-0.2, -0.15) is 8.42 Å². The van der Waals surface area contributed by atoms with Crippen LogP contribution in [0.25, 0.3) is 0 Å². The van der Waals surface area contributed by atoms with Crippen LogP contribution in [0.4, 0.5) is 5.82 Å². The van der Waals surface area contributed by atoms with Crippen LogP contribution in [0.3, 0.4) is 0 Å². The average Bonchev–Trinajstić information content (AvgIpc) is 2.77. The fourth-order valence-corrected chi connectivity index (χ4v) is 2.59. The third-order valence-electron chi connectivity index (χ3n) is 2.67. The minimum Gasteiger partial charge on any atom is -0.337 e. The number of anilines is 1. The van der Waals surface area contributed by atoms with Gasteiger partial charge < -0.3 is 10.3 Å². The van der Waals surface area contributed by atoms with Gasteiger partial charge in [0.15, 0.2) is 5.03 Å². The fraction of sp³-hybridized carbons (Fsp3) is 0.231. The molecule has 0 saturated heterocycles. The molecule has 3 N–H and O–H groups in total. The number of hydrogen-bond acceptors (Lipinski definition) is 5. The normalized spacial score (nSPS) is 10.8. The molecule has 0 aliphatic rings. The molecule has 0 radical (unpaired) electrons. The first-order valence-electron chi connectivity index (χ1n) is 6.11. The van der Waals surface area contributed by atoms with Crippen LogP contribution in [-0.2, 0) is 17.1 Å². The number of nitrogens with one attached hydrogen (secondary N) is 1. The molecule has 2 heterocycles. The maximum Gasteiger partial charge on any atom is 0.282 e. The molecule has 2 aromatic rings. The number of nitrogens with two attached hydrogens (primary N) is 1. The van der Waals surface area contributed by atoms with Gasteiger partial charge in [0.1, 0.15) is 17.3 Å². The summed E-state index contributed by atoms with van der Waals surface area (Å²) in [4.78, 5) is 8.09. The van der Waals surface area contributed by atoms with Crippen molar-refractivity contribution in [2.24, 2.45) is 12.8 Å². The SMILES string of the molecule is Cc1nc(S(=O)(=O)Nc2cccc(C#CCN)n2)cn1C. The summed E-state index contributed by atoms with van der Waals surface area (Å²) < 4.78 is 28.4. The van der Waals surface area contributed by atoms with Crippen LogP contribution in [0.1, 0.15) is 11.5 Å². The molecule has 8 heteroatoms. The molecule has 0 saturated carbocycles. The van der Waals surface area contributed by atoms with Gasteiger partial charge in [0.05, 0.1) is 6.54 Å². The average molecular weight is 305 g/mol. The van der Waals surface area contributed by atoms with Crippen LogP contribution in [-0.4, -0.2) is 29.5 Å². The van der Waals surface area contributed by atoms with E-state index in [1.807, 2.05) is 0 Å². The van der Waals surface area contributed by atoms with E-state index in [1.165, 1.54) is 6.20 Å². The Morgan fingerprint density at radius 3 is 2.76 bits per heavy atom. The molecule has 2 rings (SSSR count). The lowest BCUT2D eigenvalue weighted by molar-refractivity contribution is 0.598. The second-order valence-electron chi connectivity index (χ2n) is 4.26. The molecule has 0 amide bonds. The molecule has 0 aliphatic carbocycles. The maximum atomic E-state index is 12.2. The Bertz CT molecular complexity index is 795. The summed E-state index contributed by atoms with van der Waals surface area (Å²) in [5.74, 6) is 6.19. The van der Waals surface area contributed by atoms with Gasteiger partial charge in [0.25, 0.3) is 10.0 Å². The lowest BCUT2D eigenvalue weighted by atomic mass is 10.3. The fourth-order valence-electron chi connectivity index (χ4n) is 1.55. The van der Waals surface area contributed by atoms with E-state index in [0.29, 0.717) is 11.5 Å². The van der Waals surface area contributed by atoms with Crippen molar-refractivity contribution in [1.29, 1.82) is 0 Å². The van der Waals surface area contributed by atoms with E-state index >= 15 is 0 Å². The predicted molar refractivity (Wildman–Crippen MR) is 78.9 cm³/mol. The Labute approximate surface area is 123 Å². The lowest BCUT2D eigenvalue weighted by Crippen LogP contribution is -2.14. The molecule has 0 fully saturated rings. The van der Waals surface area contributed by atoms with Gasteiger partial charge in [-0.3, -0.25) is 4.72 Å². The Hall–Kier alpha value is -2.37. The Morgan fingerprint density at radius 2 is 2.14 bits per heavy atom. The zero-order chi connectivity index (χ0) is 15.5. The van der Waals surface area contributed by atoms with Crippen LogP contribution in [0.15, 0.2) is 29.4 Å². The minimum atomic E-state index is -3.77. The summed E-state index contributed by atoms with van der Waals surface area (Å²) in [6.07, 6.45) is 1.44. The molecular weight excluding hydrogens is 290 g/mol. The number of hydrogen-bond donors (Lipinski definition) is 2. The third kappa shape index (κ3) is 3.59. The molecular formula is C13H15N5O2S. The van der Waals surface area contributed by atoms with Crippen molar-refractivity contribution in [1.82, 2.24) is 14.5 Å². The topological polar surface area (TPSA) is 103 Å². The zero-order valence-electron chi connectivity index (χ0n) is 11.7. The molecule has 21 heavy (non-hydrogen) atoms. The summed E-state index contributed by atoms with van der Waals surface area (Å²) in [7, 11) is -2.04. The van der Waals surface area contributed by atoms with Gasteiger partial charge in [0.2, 0.25) is 0 Å². The van der Waals surface area contributed by atoms with Gasteiger partial charge in [-0.25, -0.2) is 9.97 Å². The number of pyridine rings is 1. The van der Waals surface area contributed by atoms with Gasteiger partial charge in [-0.15, -0.1) is 0 Å². The van der Waals surface area contributed by atoms with Crippen LogP contribution < -0.4 is 10.5 Å². The Balaban J connectivity index is 2.28. The first kappa shape index (κ1) is 15.0. The smallest absolute Gasteiger partial charge is 0.282 e. The Kier molecular flexibility index (Phi) is 4.26. The molecule has 7 nitrogen and oxygen atoms in total. The molecule has 0 aliphatic heterocycles. The lowest BCUT2D eigenvalue weighted by Gasteiger charge is -2.04. The highest BCUT2D eigenvalue weighted by Gasteiger charge is 2.19. The summed E-state index contributed by atoms with van der Waals surface area (Å²) >= 11 is 0. The molecule has 0 unspecified atom stereocenters. The highest BCUT2D eigenvalue weighted by atomic mass is 32.2. The first-order chi connectivity index (χ1) is 9.92. The van der Waals surface area contributed by atoms with Gasteiger partial charge >= 0.3 is 0 Å². The number of imidazole rings is 1. The highest BCUT2D eigenvalue weighted by molar-refractivity contribution is 7.92. The van der Waals surface area contributed by atoms with E-state index < -0.39 is 10.0 Å². The first-order valence-corrected chi connectivity index (χ1v) is 7.59. The van der Waals surface area contributed by atoms with E-state index in [9.17, 15) is 8.42 Å². The van der Waals surface area contributed by atoms with E-state index in [2.05, 4.69) is 26.5 Å². The second-order valence-corrected chi connectivity index (χ2v) is 5.89. The summed E-state index contributed by atoms with van der Waals surface area (Å²) in [5.41, 5.74) is 5.73. The van der Waals surface area contributed by atoms with Crippen molar-refractivity contribution < 1.29 is 8.42 Å².